The van der Waals surface area contributed by atoms with Crippen LogP contribution < -0.4 is 0 Å². The van der Waals surface area contributed by atoms with Crippen molar-refractivity contribution in [1.82, 2.24) is 19.5 Å². The summed E-state index contributed by atoms with van der Waals surface area (Å²) in [5, 5.41) is -0.713. The van der Waals surface area contributed by atoms with Gasteiger partial charge in [0.1, 0.15) is 0 Å². The molecule has 0 amide bonds. The van der Waals surface area contributed by atoms with Gasteiger partial charge >= 0.3 is 0 Å². The molecule has 55 heavy (non-hydrogen) atoms. The van der Waals surface area contributed by atoms with Crippen molar-refractivity contribution in [2.45, 2.75) is 0 Å². The van der Waals surface area contributed by atoms with E-state index in [0.717, 1.165) is 0 Å². The highest BCUT2D eigenvalue weighted by Gasteiger charge is 2.21. The standard InChI is InChI=1S/C51H34N4/c1-5-17-35(18-6-1)39-25-15-26-40(33-39)41-31-32-46(55-45-29-14-13-27-43(45)48-42(28-16-30-47(48)55)36-19-7-2-8-20-36)44(34-41)51-53-49(37-21-9-3-10-22-37)52-50(54-51)38-23-11-4-12-24-38/h1-34H/i1D,2D,3D,5D,6D,7D,8D,9D,10D,13D,14D,16D,17D,18D,19D,20D,21D,22D,27D,28D,29D,30D. The summed E-state index contributed by atoms with van der Waals surface area (Å²) in [6.07, 6.45) is 0. The minimum Gasteiger partial charge on any atom is -0.308 e. The SMILES string of the molecule is [2H]c1c([2H])c([2H])c(-c2cccc(-c3ccc(-n4c5c([2H])c([2H])c([2H])c([2H])c5c5c(-c6c([2H])c([2H])c([2H])c([2H])c6[2H])c([2H])c([2H])c([2H])c54)c(-c4nc(-c5ccccc5)nc(-c5c([2H])c([2H])c([2H])c([2H])c5[2H])n4)c3)c2)c([2H])c1[2H]. The van der Waals surface area contributed by atoms with Crippen LogP contribution in [-0.2, 0) is 0 Å². The van der Waals surface area contributed by atoms with Gasteiger partial charge in [0, 0.05) is 27.5 Å². The summed E-state index contributed by atoms with van der Waals surface area (Å²) in [7, 11) is 0. The van der Waals surface area contributed by atoms with Gasteiger partial charge in [-0.1, -0.05) is 175 Å². The molecule has 0 aliphatic heterocycles. The Kier molecular flexibility index (Phi) is 4.21. The molecule has 0 saturated heterocycles. The molecule has 0 N–H and O–H groups in total. The normalized spacial score (nSPS) is 16.9. The predicted octanol–water partition coefficient (Wildman–Crippen LogP) is 13.0. The molecule has 10 rings (SSSR count). The average Bonchev–Trinajstić information content (AvgIpc) is 4.07. The van der Waals surface area contributed by atoms with Crippen LogP contribution in [0.15, 0.2) is 206 Å². The van der Waals surface area contributed by atoms with Crippen LogP contribution in [0.2, 0.25) is 0 Å². The number of para-hydroxylation sites is 1. The maximum Gasteiger partial charge on any atom is 0.166 e. The Bertz CT molecular complexity index is 4170. The van der Waals surface area contributed by atoms with Crippen LogP contribution in [0.1, 0.15) is 30.2 Å². The van der Waals surface area contributed by atoms with Crippen LogP contribution in [0.25, 0.3) is 95.0 Å². The maximum atomic E-state index is 9.57. The molecule has 0 atom stereocenters. The lowest BCUT2D eigenvalue weighted by atomic mass is 9.97. The van der Waals surface area contributed by atoms with Crippen molar-refractivity contribution in [2.75, 3.05) is 0 Å². The molecule has 258 valence electrons. The van der Waals surface area contributed by atoms with Crippen molar-refractivity contribution in [1.29, 1.82) is 0 Å². The van der Waals surface area contributed by atoms with Crippen LogP contribution >= 0.6 is 0 Å². The smallest absolute Gasteiger partial charge is 0.166 e. The minimum atomic E-state index is -0.823. The molecule has 0 radical (unpaired) electrons. The third-order valence-electron chi connectivity index (χ3n) is 8.82. The lowest BCUT2D eigenvalue weighted by molar-refractivity contribution is 1.06. The number of hydrogen-bond donors (Lipinski definition) is 0. The summed E-state index contributed by atoms with van der Waals surface area (Å²) in [4.78, 5) is 14.3. The first-order valence-electron chi connectivity index (χ1n) is 27.7. The summed E-state index contributed by atoms with van der Waals surface area (Å²) >= 11 is 0. The topological polar surface area (TPSA) is 43.6 Å². The lowest BCUT2D eigenvalue weighted by Gasteiger charge is -2.17. The third kappa shape index (κ3) is 5.96. The highest BCUT2D eigenvalue weighted by atomic mass is 15.1. The van der Waals surface area contributed by atoms with E-state index in [4.69, 9.17) is 33.3 Å². The van der Waals surface area contributed by atoms with E-state index in [1.807, 2.05) is 0 Å². The summed E-state index contributed by atoms with van der Waals surface area (Å²) in [5.74, 6) is -0.791. The van der Waals surface area contributed by atoms with Gasteiger partial charge in [0.2, 0.25) is 0 Å². The summed E-state index contributed by atoms with van der Waals surface area (Å²) < 4.78 is 195. The first-order chi connectivity index (χ1) is 36.4. The number of benzene rings is 8. The molecule has 2 heterocycles. The number of aromatic nitrogens is 4. The van der Waals surface area contributed by atoms with Gasteiger partial charge in [-0.05, 0) is 63.7 Å². The Morgan fingerprint density at radius 3 is 1.67 bits per heavy atom. The molecule has 0 saturated carbocycles. The highest BCUT2D eigenvalue weighted by Crippen LogP contribution is 2.41. The zero-order valence-electron chi connectivity index (χ0n) is 50.2. The van der Waals surface area contributed by atoms with Crippen LogP contribution in [0.3, 0.4) is 0 Å². The fourth-order valence-electron chi connectivity index (χ4n) is 6.40. The second-order valence-corrected chi connectivity index (χ2v) is 12.0. The van der Waals surface area contributed by atoms with Crippen LogP contribution in [0.4, 0.5) is 0 Å². The second-order valence-electron chi connectivity index (χ2n) is 12.0. The molecule has 0 unspecified atom stereocenters. The quantitative estimate of drug-likeness (QED) is 0.164. The van der Waals surface area contributed by atoms with Crippen molar-refractivity contribution >= 4 is 21.8 Å². The molecule has 0 aliphatic rings. The van der Waals surface area contributed by atoms with Crippen molar-refractivity contribution in [2.24, 2.45) is 0 Å². The van der Waals surface area contributed by atoms with Gasteiger partial charge in [0.05, 0.1) is 46.9 Å². The van der Waals surface area contributed by atoms with Crippen LogP contribution in [-0.4, -0.2) is 19.5 Å². The maximum absolute atomic E-state index is 9.57. The molecule has 0 fully saturated rings. The number of rotatable bonds is 7. The summed E-state index contributed by atoms with van der Waals surface area (Å²) in [6.45, 7) is 0. The van der Waals surface area contributed by atoms with E-state index in [9.17, 15) is 6.85 Å². The largest absolute Gasteiger partial charge is 0.308 e. The zero-order valence-corrected chi connectivity index (χ0v) is 28.2. The number of nitrogens with zero attached hydrogens (tertiary/aromatic N) is 4. The minimum absolute atomic E-state index is 0.0691. The van der Waals surface area contributed by atoms with E-state index in [-0.39, 0.29) is 55.8 Å². The van der Waals surface area contributed by atoms with Crippen molar-refractivity contribution in [3.8, 4) is 73.2 Å². The van der Waals surface area contributed by atoms with E-state index in [0.29, 0.717) is 16.7 Å². The third-order valence-corrected chi connectivity index (χ3v) is 8.82. The summed E-state index contributed by atoms with van der Waals surface area (Å²) in [6, 6.07) is 3.69. The lowest BCUT2D eigenvalue weighted by Crippen LogP contribution is -2.04. The van der Waals surface area contributed by atoms with Crippen LogP contribution in [0.5, 0.6) is 0 Å². The molecule has 2 aromatic heterocycles. The number of fused-ring (bicyclic) bond motifs is 3. The predicted molar refractivity (Wildman–Crippen MR) is 227 cm³/mol. The summed E-state index contributed by atoms with van der Waals surface area (Å²) in [5.41, 5.74) is -1.29. The number of hydrogen-bond acceptors (Lipinski definition) is 3. The van der Waals surface area contributed by atoms with E-state index in [1.165, 1.54) is 16.7 Å². The molecular weight excluding hydrogens is 669 g/mol. The zero-order chi connectivity index (χ0) is 55.7. The monoisotopic (exact) mass is 724 g/mol. The second kappa shape index (κ2) is 13.8. The fraction of sp³-hybridized carbons (Fsp3) is 0. The van der Waals surface area contributed by atoms with Gasteiger partial charge in [-0.15, -0.1) is 0 Å². The molecule has 0 spiro atoms. The van der Waals surface area contributed by atoms with Gasteiger partial charge < -0.3 is 4.57 Å². The molecule has 4 heteroatoms. The van der Waals surface area contributed by atoms with Crippen molar-refractivity contribution < 1.29 is 30.2 Å². The molecule has 10 aromatic rings. The van der Waals surface area contributed by atoms with Gasteiger partial charge in [0.25, 0.3) is 0 Å². The van der Waals surface area contributed by atoms with Gasteiger partial charge in [-0.25, -0.2) is 15.0 Å². The Morgan fingerprint density at radius 2 is 0.927 bits per heavy atom. The van der Waals surface area contributed by atoms with Gasteiger partial charge in [0.15, 0.2) is 17.5 Å². The fourth-order valence-corrected chi connectivity index (χ4v) is 6.40. The Labute approximate surface area is 350 Å². The van der Waals surface area contributed by atoms with E-state index < -0.39 is 155 Å². The van der Waals surface area contributed by atoms with Crippen molar-refractivity contribution in [3.63, 3.8) is 0 Å². The first kappa shape index (κ1) is 16.7. The Morgan fingerprint density at radius 1 is 0.364 bits per heavy atom. The molecular formula is C51H34N4. The molecule has 8 aromatic carbocycles. The average molecular weight is 725 g/mol. The van der Waals surface area contributed by atoms with Crippen molar-refractivity contribution in [3.05, 3.63) is 206 Å². The van der Waals surface area contributed by atoms with E-state index >= 15 is 0 Å². The van der Waals surface area contributed by atoms with E-state index in [1.54, 1.807) is 60.7 Å². The highest BCUT2D eigenvalue weighted by molar-refractivity contribution is 6.16. The van der Waals surface area contributed by atoms with Crippen LogP contribution in [0, 0.1) is 0 Å². The Hall–Kier alpha value is -7.43. The molecule has 4 nitrogen and oxygen atoms in total. The Balaban J connectivity index is 1.41. The van der Waals surface area contributed by atoms with E-state index in [2.05, 4.69) is 4.98 Å². The molecule has 0 bridgehead atoms. The van der Waals surface area contributed by atoms with Gasteiger partial charge in [-0.3, -0.25) is 0 Å². The molecule has 0 aliphatic carbocycles. The van der Waals surface area contributed by atoms with Gasteiger partial charge in [-0.2, -0.15) is 0 Å². The first-order valence-corrected chi connectivity index (χ1v) is 16.7.